The van der Waals surface area contributed by atoms with Crippen LogP contribution in [0.25, 0.3) is 0 Å². The molecule has 0 aliphatic heterocycles. The number of carbonyl (C=O) groups is 2. The van der Waals surface area contributed by atoms with E-state index in [1.54, 1.807) is 0 Å². The van der Waals surface area contributed by atoms with Crippen molar-refractivity contribution in [3.05, 3.63) is 24.0 Å². The van der Waals surface area contributed by atoms with Crippen molar-refractivity contribution in [2.75, 3.05) is 11.5 Å². The van der Waals surface area contributed by atoms with Crippen LogP contribution in [0.1, 0.15) is 6.92 Å². The van der Waals surface area contributed by atoms with Gasteiger partial charge in [-0.3, -0.25) is 20.4 Å². The molecule has 1 aromatic rings. The van der Waals surface area contributed by atoms with Gasteiger partial charge in [-0.15, -0.1) is 11.8 Å². The van der Waals surface area contributed by atoms with Crippen molar-refractivity contribution in [1.29, 1.82) is 0 Å². The second-order valence-corrected chi connectivity index (χ2v) is 4.22. The minimum Gasteiger partial charge on any atom is -0.398 e. The van der Waals surface area contributed by atoms with Gasteiger partial charge in [0.2, 0.25) is 11.8 Å². The van der Waals surface area contributed by atoms with Crippen LogP contribution < -0.4 is 16.6 Å². The Balaban J connectivity index is 2.47. The molecule has 7 heteroatoms. The Morgan fingerprint density at radius 2 is 2.12 bits per heavy atom. The Hall–Kier alpha value is -1.76. The topological polar surface area (TPSA) is 84.2 Å². The number of hydrogen-bond acceptors (Lipinski definition) is 4. The number of benzene rings is 1. The second-order valence-electron chi connectivity index (χ2n) is 3.20. The fourth-order valence-corrected chi connectivity index (χ4v) is 1.76. The monoisotopic (exact) mass is 257 g/mol. The van der Waals surface area contributed by atoms with E-state index >= 15 is 0 Å². The number of nitrogens with two attached hydrogens (primary N) is 1. The maximum Gasteiger partial charge on any atom is 0.248 e. The van der Waals surface area contributed by atoms with Crippen LogP contribution in [-0.4, -0.2) is 17.6 Å². The van der Waals surface area contributed by atoms with Crippen molar-refractivity contribution in [2.24, 2.45) is 0 Å². The predicted octanol–water partition coefficient (Wildman–Crippen LogP) is 0.667. The largest absolute Gasteiger partial charge is 0.398 e. The van der Waals surface area contributed by atoms with E-state index in [0.29, 0.717) is 10.6 Å². The van der Waals surface area contributed by atoms with E-state index in [0.717, 1.165) is 11.8 Å². The van der Waals surface area contributed by atoms with Crippen LogP contribution >= 0.6 is 11.8 Å². The lowest BCUT2D eigenvalue weighted by atomic mass is 10.3. The predicted molar refractivity (Wildman–Crippen MR) is 63.5 cm³/mol. The number of anilines is 1. The highest BCUT2D eigenvalue weighted by Gasteiger charge is 2.06. The summed E-state index contributed by atoms with van der Waals surface area (Å²) in [7, 11) is 0. The van der Waals surface area contributed by atoms with Crippen LogP contribution in [0, 0.1) is 5.82 Å². The van der Waals surface area contributed by atoms with E-state index in [9.17, 15) is 14.0 Å². The number of hydrazine groups is 1. The third kappa shape index (κ3) is 4.73. The summed E-state index contributed by atoms with van der Waals surface area (Å²) >= 11 is 1.09. The standard InChI is InChI=1S/C10H12FN3O2S/c1-6(15)13-14-10(16)5-17-9-4-7(11)2-3-8(9)12/h2-4H,5,12H2,1H3,(H,13,15)(H,14,16). The van der Waals surface area contributed by atoms with Gasteiger partial charge in [0.05, 0.1) is 5.75 Å². The molecule has 0 aliphatic rings. The molecular weight excluding hydrogens is 245 g/mol. The second kappa shape index (κ2) is 6.09. The van der Waals surface area contributed by atoms with Crippen LogP contribution in [0.15, 0.2) is 23.1 Å². The van der Waals surface area contributed by atoms with E-state index in [-0.39, 0.29) is 11.7 Å². The van der Waals surface area contributed by atoms with Gasteiger partial charge in [0.25, 0.3) is 0 Å². The van der Waals surface area contributed by atoms with Gasteiger partial charge in [-0.2, -0.15) is 0 Å². The number of halogens is 1. The van der Waals surface area contributed by atoms with Crippen molar-refractivity contribution in [3.8, 4) is 0 Å². The van der Waals surface area contributed by atoms with Gasteiger partial charge in [0.1, 0.15) is 5.82 Å². The SMILES string of the molecule is CC(=O)NNC(=O)CSc1cc(F)ccc1N. The zero-order valence-corrected chi connectivity index (χ0v) is 9.94. The lowest BCUT2D eigenvalue weighted by Gasteiger charge is -2.06. The molecule has 92 valence electrons. The first-order valence-electron chi connectivity index (χ1n) is 4.72. The number of nitrogens with one attached hydrogen (secondary N) is 2. The number of carbonyl (C=O) groups excluding carboxylic acids is 2. The highest BCUT2D eigenvalue weighted by molar-refractivity contribution is 8.00. The molecule has 0 aromatic heterocycles. The Morgan fingerprint density at radius 3 is 2.76 bits per heavy atom. The summed E-state index contributed by atoms with van der Waals surface area (Å²) in [5.41, 5.74) is 10.4. The summed E-state index contributed by atoms with van der Waals surface area (Å²) < 4.78 is 12.9. The number of rotatable bonds is 3. The van der Waals surface area contributed by atoms with E-state index in [1.165, 1.54) is 25.1 Å². The molecule has 0 saturated carbocycles. The van der Waals surface area contributed by atoms with Crippen molar-refractivity contribution in [2.45, 2.75) is 11.8 Å². The molecule has 2 amide bonds. The maximum absolute atomic E-state index is 12.9. The Kier molecular flexibility index (Phi) is 4.77. The molecule has 5 nitrogen and oxygen atoms in total. The maximum atomic E-state index is 12.9. The number of nitrogen functional groups attached to an aromatic ring is 1. The summed E-state index contributed by atoms with van der Waals surface area (Å²) in [6.07, 6.45) is 0. The molecule has 0 atom stereocenters. The molecule has 0 aliphatic carbocycles. The van der Waals surface area contributed by atoms with E-state index in [1.807, 2.05) is 0 Å². The van der Waals surface area contributed by atoms with E-state index in [2.05, 4.69) is 10.9 Å². The van der Waals surface area contributed by atoms with Crippen LogP contribution in [0.2, 0.25) is 0 Å². The van der Waals surface area contributed by atoms with Crippen molar-refractivity contribution in [1.82, 2.24) is 10.9 Å². The number of thioether (sulfide) groups is 1. The van der Waals surface area contributed by atoms with Gasteiger partial charge in [0.15, 0.2) is 0 Å². The first-order chi connectivity index (χ1) is 7.99. The van der Waals surface area contributed by atoms with Gasteiger partial charge in [-0.25, -0.2) is 4.39 Å². The average molecular weight is 257 g/mol. The molecule has 0 heterocycles. The Labute approximate surface area is 102 Å². The zero-order valence-electron chi connectivity index (χ0n) is 9.12. The van der Waals surface area contributed by atoms with Crippen molar-refractivity contribution in [3.63, 3.8) is 0 Å². The molecule has 0 unspecified atom stereocenters. The molecule has 0 radical (unpaired) electrons. The number of amides is 2. The average Bonchev–Trinajstić information content (AvgIpc) is 2.27. The minimum absolute atomic E-state index is 0.0356. The van der Waals surface area contributed by atoms with Gasteiger partial charge >= 0.3 is 0 Å². The van der Waals surface area contributed by atoms with Crippen LogP contribution in [0.4, 0.5) is 10.1 Å². The van der Waals surface area contributed by atoms with Crippen molar-refractivity contribution >= 4 is 29.3 Å². The first-order valence-corrected chi connectivity index (χ1v) is 5.71. The van der Waals surface area contributed by atoms with E-state index in [4.69, 9.17) is 5.73 Å². The lowest BCUT2D eigenvalue weighted by molar-refractivity contribution is -0.126. The van der Waals surface area contributed by atoms with Gasteiger partial charge in [-0.1, -0.05) is 0 Å². The smallest absolute Gasteiger partial charge is 0.248 e. The summed E-state index contributed by atoms with van der Waals surface area (Å²) in [5.74, 6) is -1.14. The first kappa shape index (κ1) is 13.3. The third-order valence-electron chi connectivity index (χ3n) is 1.71. The Bertz CT molecular complexity index is 440. The van der Waals surface area contributed by atoms with Gasteiger partial charge < -0.3 is 5.73 Å². The molecule has 1 aromatic carbocycles. The molecule has 17 heavy (non-hydrogen) atoms. The number of hydrogen-bond donors (Lipinski definition) is 3. The molecule has 0 bridgehead atoms. The quantitative estimate of drug-likeness (QED) is 0.422. The summed E-state index contributed by atoms with van der Waals surface area (Å²) in [6, 6.07) is 3.94. The fraction of sp³-hybridized carbons (Fsp3) is 0.200. The summed E-state index contributed by atoms with van der Waals surface area (Å²) in [5, 5.41) is 0. The van der Waals surface area contributed by atoms with Crippen LogP contribution in [-0.2, 0) is 9.59 Å². The lowest BCUT2D eigenvalue weighted by Crippen LogP contribution is -2.41. The normalized spacial score (nSPS) is 9.76. The zero-order chi connectivity index (χ0) is 12.8. The van der Waals surface area contributed by atoms with Gasteiger partial charge in [-0.05, 0) is 18.2 Å². The molecule has 4 N–H and O–H groups in total. The molecular formula is C10H12FN3O2S. The third-order valence-corrected chi connectivity index (χ3v) is 2.78. The summed E-state index contributed by atoms with van der Waals surface area (Å²) in [4.78, 5) is 22.2. The molecule has 0 spiro atoms. The molecule has 1 rings (SSSR count). The van der Waals surface area contributed by atoms with Gasteiger partial charge in [0, 0.05) is 17.5 Å². The summed E-state index contributed by atoms with van der Waals surface area (Å²) in [6.45, 7) is 1.28. The minimum atomic E-state index is -0.413. The highest BCUT2D eigenvalue weighted by Crippen LogP contribution is 2.25. The Morgan fingerprint density at radius 1 is 1.41 bits per heavy atom. The van der Waals surface area contributed by atoms with E-state index < -0.39 is 11.7 Å². The van der Waals surface area contributed by atoms with Crippen LogP contribution in [0.5, 0.6) is 0 Å². The van der Waals surface area contributed by atoms with Crippen molar-refractivity contribution < 1.29 is 14.0 Å². The van der Waals surface area contributed by atoms with Crippen LogP contribution in [0.3, 0.4) is 0 Å². The molecule has 0 fully saturated rings. The molecule has 0 saturated heterocycles. The fourth-order valence-electron chi connectivity index (χ4n) is 0.970. The highest BCUT2D eigenvalue weighted by atomic mass is 32.2.